The van der Waals surface area contributed by atoms with Gasteiger partial charge < -0.3 is 9.32 Å². The molecule has 0 saturated heterocycles. The molecule has 44 heavy (non-hydrogen) atoms. The largest absolute Gasteiger partial charge is 0.455 e. The molecular formula is C42H27NO. The van der Waals surface area contributed by atoms with E-state index < -0.39 is 0 Å². The predicted molar refractivity (Wildman–Crippen MR) is 186 cm³/mol. The van der Waals surface area contributed by atoms with Crippen LogP contribution in [0.2, 0.25) is 0 Å². The van der Waals surface area contributed by atoms with Crippen LogP contribution in [0, 0.1) is 0 Å². The van der Waals surface area contributed by atoms with Crippen LogP contribution >= 0.6 is 0 Å². The Morgan fingerprint density at radius 1 is 0.409 bits per heavy atom. The van der Waals surface area contributed by atoms with E-state index in [9.17, 15) is 0 Å². The zero-order valence-corrected chi connectivity index (χ0v) is 23.9. The van der Waals surface area contributed by atoms with Crippen molar-refractivity contribution in [2.45, 2.75) is 0 Å². The summed E-state index contributed by atoms with van der Waals surface area (Å²) in [6.45, 7) is 0. The Kier molecular flexibility index (Phi) is 5.54. The van der Waals surface area contributed by atoms with Gasteiger partial charge >= 0.3 is 0 Å². The van der Waals surface area contributed by atoms with Crippen molar-refractivity contribution in [2.24, 2.45) is 0 Å². The number of anilines is 3. The number of furan rings is 1. The van der Waals surface area contributed by atoms with Crippen molar-refractivity contribution in [3.63, 3.8) is 0 Å². The van der Waals surface area contributed by atoms with Crippen LogP contribution in [0.4, 0.5) is 17.1 Å². The molecule has 0 unspecified atom stereocenters. The van der Waals surface area contributed by atoms with Gasteiger partial charge in [0.1, 0.15) is 11.2 Å². The molecule has 0 radical (unpaired) electrons. The van der Waals surface area contributed by atoms with Gasteiger partial charge in [0.25, 0.3) is 0 Å². The summed E-state index contributed by atoms with van der Waals surface area (Å²) >= 11 is 0. The Balaban J connectivity index is 1.40. The molecule has 0 N–H and O–H groups in total. The standard InChI is InChI=1S/C42H27NO/c1-2-13-30(14-3-1)37-27-33-17-8-9-18-36(33)40-41-38(19-10-20-39(41)44-42(37)40)43(34-23-21-28-11-4-6-15-31(28)25-34)35-24-22-29-12-5-7-16-32(29)26-35/h1-27H. The SMILES string of the molecule is c1ccc(-c2cc3ccccc3c3c2oc2cccc(N(c4ccc5ccccc5c4)c4ccc5ccccc5c4)c23)cc1. The molecule has 0 spiro atoms. The molecule has 0 aliphatic carbocycles. The van der Waals surface area contributed by atoms with Gasteiger partial charge in [-0.2, -0.15) is 0 Å². The van der Waals surface area contributed by atoms with Gasteiger partial charge in [0.05, 0.1) is 11.1 Å². The molecule has 9 rings (SSSR count). The zero-order valence-electron chi connectivity index (χ0n) is 23.9. The normalized spacial score (nSPS) is 11.6. The Morgan fingerprint density at radius 2 is 1.00 bits per heavy atom. The maximum Gasteiger partial charge on any atom is 0.143 e. The summed E-state index contributed by atoms with van der Waals surface area (Å²) in [5.41, 5.74) is 7.32. The third-order valence-corrected chi connectivity index (χ3v) is 8.78. The third-order valence-electron chi connectivity index (χ3n) is 8.78. The van der Waals surface area contributed by atoms with Gasteiger partial charge in [0.15, 0.2) is 0 Å². The van der Waals surface area contributed by atoms with Crippen molar-refractivity contribution in [3.8, 4) is 11.1 Å². The molecule has 0 aliphatic heterocycles. The average Bonchev–Trinajstić information content (AvgIpc) is 3.49. The highest BCUT2D eigenvalue weighted by atomic mass is 16.3. The monoisotopic (exact) mass is 561 g/mol. The van der Waals surface area contributed by atoms with E-state index in [-0.39, 0.29) is 0 Å². The molecule has 8 aromatic carbocycles. The fraction of sp³-hybridized carbons (Fsp3) is 0. The molecule has 0 aliphatic rings. The molecular weight excluding hydrogens is 534 g/mol. The van der Waals surface area contributed by atoms with Crippen LogP contribution < -0.4 is 4.90 Å². The number of fused-ring (bicyclic) bond motifs is 7. The second kappa shape index (κ2) is 9.86. The highest BCUT2D eigenvalue weighted by Crippen LogP contribution is 2.47. The smallest absolute Gasteiger partial charge is 0.143 e. The topological polar surface area (TPSA) is 16.4 Å². The van der Waals surface area contributed by atoms with E-state index >= 15 is 0 Å². The molecule has 0 fully saturated rings. The number of hydrogen-bond acceptors (Lipinski definition) is 2. The van der Waals surface area contributed by atoms with E-state index in [1.165, 1.54) is 32.3 Å². The summed E-state index contributed by atoms with van der Waals surface area (Å²) in [5, 5.41) is 9.48. The quantitative estimate of drug-likeness (QED) is 0.212. The third kappa shape index (κ3) is 3.89. The second-order valence-electron chi connectivity index (χ2n) is 11.4. The van der Waals surface area contributed by atoms with E-state index in [1.807, 2.05) is 0 Å². The Labute approximate surface area is 255 Å². The minimum absolute atomic E-state index is 0.873. The maximum atomic E-state index is 6.82. The van der Waals surface area contributed by atoms with Crippen molar-refractivity contribution in [2.75, 3.05) is 4.90 Å². The number of nitrogens with zero attached hydrogens (tertiary/aromatic N) is 1. The van der Waals surface area contributed by atoms with Gasteiger partial charge in [-0.05, 0) is 80.3 Å². The van der Waals surface area contributed by atoms with E-state index in [0.717, 1.165) is 50.1 Å². The molecule has 0 amide bonds. The van der Waals surface area contributed by atoms with Crippen LogP contribution in [0.5, 0.6) is 0 Å². The minimum Gasteiger partial charge on any atom is -0.455 e. The molecule has 2 nitrogen and oxygen atoms in total. The minimum atomic E-state index is 0.873. The second-order valence-corrected chi connectivity index (χ2v) is 11.4. The van der Waals surface area contributed by atoms with E-state index in [1.54, 1.807) is 0 Å². The Hall–Kier alpha value is -5.86. The lowest BCUT2D eigenvalue weighted by atomic mass is 9.95. The molecule has 2 heteroatoms. The van der Waals surface area contributed by atoms with Gasteiger partial charge in [-0.3, -0.25) is 0 Å². The number of benzene rings is 8. The summed E-state index contributed by atoms with van der Waals surface area (Å²) in [6.07, 6.45) is 0. The van der Waals surface area contributed by atoms with E-state index in [4.69, 9.17) is 4.42 Å². The fourth-order valence-electron chi connectivity index (χ4n) is 6.73. The van der Waals surface area contributed by atoms with Gasteiger partial charge in [0, 0.05) is 22.3 Å². The van der Waals surface area contributed by atoms with Crippen LogP contribution in [-0.4, -0.2) is 0 Å². The summed E-state index contributed by atoms with van der Waals surface area (Å²) in [5.74, 6) is 0. The van der Waals surface area contributed by atoms with Crippen LogP contribution in [0.1, 0.15) is 0 Å². The summed E-state index contributed by atoms with van der Waals surface area (Å²) < 4.78 is 6.82. The Bertz CT molecular complexity index is 2430. The average molecular weight is 562 g/mol. The number of rotatable bonds is 4. The van der Waals surface area contributed by atoms with Gasteiger partial charge in [-0.1, -0.05) is 121 Å². The molecule has 206 valence electrons. The van der Waals surface area contributed by atoms with Crippen molar-refractivity contribution >= 4 is 71.3 Å². The van der Waals surface area contributed by atoms with Crippen molar-refractivity contribution in [3.05, 3.63) is 164 Å². The van der Waals surface area contributed by atoms with E-state index in [0.29, 0.717) is 0 Å². The molecule has 1 heterocycles. The van der Waals surface area contributed by atoms with E-state index in [2.05, 4.69) is 169 Å². The first-order valence-electron chi connectivity index (χ1n) is 15.0. The van der Waals surface area contributed by atoms with Crippen molar-refractivity contribution in [1.29, 1.82) is 0 Å². The molecule has 1 aromatic heterocycles. The zero-order chi connectivity index (χ0) is 29.0. The molecule has 0 bridgehead atoms. The van der Waals surface area contributed by atoms with Crippen molar-refractivity contribution < 1.29 is 4.42 Å². The molecule has 0 atom stereocenters. The summed E-state index contributed by atoms with van der Waals surface area (Å²) in [6, 6.07) is 58.5. The Morgan fingerprint density at radius 3 is 1.68 bits per heavy atom. The first kappa shape index (κ1) is 24.7. The fourth-order valence-corrected chi connectivity index (χ4v) is 6.73. The molecule has 0 saturated carbocycles. The first-order valence-corrected chi connectivity index (χ1v) is 15.0. The highest BCUT2D eigenvalue weighted by Gasteiger charge is 2.23. The van der Waals surface area contributed by atoms with Crippen LogP contribution in [0.25, 0.3) is 65.4 Å². The van der Waals surface area contributed by atoms with Crippen LogP contribution in [-0.2, 0) is 0 Å². The lowest BCUT2D eigenvalue weighted by Gasteiger charge is -2.27. The highest BCUT2D eigenvalue weighted by molar-refractivity contribution is 6.26. The summed E-state index contributed by atoms with van der Waals surface area (Å²) in [7, 11) is 0. The molecule has 9 aromatic rings. The number of hydrogen-bond donors (Lipinski definition) is 0. The van der Waals surface area contributed by atoms with Gasteiger partial charge in [-0.25, -0.2) is 0 Å². The predicted octanol–water partition coefficient (Wildman–Crippen LogP) is 12.2. The lowest BCUT2D eigenvalue weighted by molar-refractivity contribution is 0.670. The summed E-state index contributed by atoms with van der Waals surface area (Å²) in [4.78, 5) is 2.39. The van der Waals surface area contributed by atoms with Crippen LogP contribution in [0.3, 0.4) is 0 Å². The van der Waals surface area contributed by atoms with Crippen LogP contribution in [0.15, 0.2) is 168 Å². The lowest BCUT2D eigenvalue weighted by Crippen LogP contribution is -2.10. The maximum absolute atomic E-state index is 6.82. The van der Waals surface area contributed by atoms with Gasteiger partial charge in [-0.15, -0.1) is 0 Å². The van der Waals surface area contributed by atoms with Crippen molar-refractivity contribution in [1.82, 2.24) is 0 Å². The van der Waals surface area contributed by atoms with Gasteiger partial charge in [0.2, 0.25) is 0 Å². The first-order chi connectivity index (χ1) is 21.8.